The molecule has 690 valence electrons. The first-order chi connectivity index (χ1) is 56.3. The van der Waals surface area contributed by atoms with Gasteiger partial charge in [0.25, 0.3) is 0 Å². The molecule has 0 aromatic heterocycles. The molecule has 0 aromatic rings. The monoisotopic (exact) mass is 1750 g/mol. The second kappa shape index (κ2) is 42.4. The van der Waals surface area contributed by atoms with Gasteiger partial charge in [-0.1, -0.05) is 0 Å². The molecule has 10 heterocycles. The van der Waals surface area contributed by atoms with Gasteiger partial charge in [0.2, 0.25) is 17.7 Å². The number of ether oxygens (including phenoxy) is 19. The Morgan fingerprint density at radius 2 is 0.513 bits per heavy atom. The fourth-order valence-electron chi connectivity index (χ4n) is 15.4. The van der Waals surface area contributed by atoms with Crippen molar-refractivity contribution in [3.05, 3.63) is 0 Å². The lowest BCUT2D eigenvalue weighted by Gasteiger charge is -2.51. The van der Waals surface area contributed by atoms with Crippen molar-refractivity contribution >= 4 is 17.7 Å². The van der Waals surface area contributed by atoms with E-state index in [4.69, 9.17) is 90.0 Å². The molecule has 0 radical (unpaired) electrons. The van der Waals surface area contributed by atoms with Gasteiger partial charge in [-0.15, -0.1) is 0 Å². The van der Waals surface area contributed by atoms with Crippen LogP contribution in [0.25, 0.3) is 0 Å². The largest absolute Gasteiger partial charge is 0.394 e. The predicted octanol–water partition coefficient (Wildman–Crippen LogP) is -21.3. The molecule has 10 aliphatic rings. The van der Waals surface area contributed by atoms with E-state index in [-0.39, 0.29) is 0 Å². The van der Waals surface area contributed by atoms with Crippen molar-refractivity contribution in [3.8, 4) is 0 Å². The van der Waals surface area contributed by atoms with Crippen LogP contribution in [0.1, 0.15) is 27.7 Å². The Morgan fingerprint density at radius 1 is 0.235 bits per heavy atom. The third-order valence-electron chi connectivity index (χ3n) is 22.0. The smallest absolute Gasteiger partial charge is 0.217 e. The lowest BCUT2D eigenvalue weighted by molar-refractivity contribution is -0.399. The van der Waals surface area contributed by atoms with Crippen LogP contribution in [0.2, 0.25) is 0 Å². The molecule has 53 heteroatoms. The molecule has 10 rings (SSSR count). The maximum absolute atomic E-state index is 13.2. The van der Waals surface area contributed by atoms with Crippen LogP contribution in [0.15, 0.2) is 0 Å². The second-order valence-corrected chi connectivity index (χ2v) is 30.3. The zero-order chi connectivity index (χ0) is 87.5. The number of carbonyl (C=O) groups is 3. The Balaban J connectivity index is 0.973. The van der Waals surface area contributed by atoms with Crippen LogP contribution in [-0.4, -0.2) is 527 Å². The van der Waals surface area contributed by atoms with E-state index in [2.05, 4.69) is 16.0 Å². The summed E-state index contributed by atoms with van der Waals surface area (Å²) in [4.78, 5) is 39.0. The lowest BCUT2D eigenvalue weighted by atomic mass is 9.94. The fraction of sp³-hybridized carbons (Fsp3) is 0.955. The number of aliphatic hydroxyl groups excluding tert-OH is 28. The Morgan fingerprint density at radius 3 is 0.908 bits per heavy atom. The molecule has 10 saturated heterocycles. The molecule has 0 aromatic carbocycles. The standard InChI is InChI=1S/C66H111N3O50/c1-14-30(80)39(89)46(96)61(103-14)101-13-26-53(44(94)45(95)57(100)104-26)113-58-27(67-15(2)77)36(86)52(24(11-76)109-58)116-64-49(99)54(117-66-56(43(93)34(84)21(8-73)108-66)119-60-29(69-17(4)79)38(88)51(23(10-75)111-60)115-63-48(98)41(91)32(82)19(6-71)106-63)35(85)25(112-64)12-102-65-55(42(92)33(83)20(7-72)107-65)118-59-28(68-16(3)78)37(87)50(22(9-74)110-59)114-62-47(97)40(90)31(81)18(5-70)105-62/h14,18-66,70-76,80-100H,5-13H2,1-4H3,(H,67,77)(H,68,78)(H,69,79)/t14-,18+,19+,20+,21+,22+,23+,24+,25+,26+,27+,28+,29-,30+,31-,32-,33+,34+,35+,36+,37+,38+,39+,40-,41-,42-,43-,44+,45+,46-,47+,48+,49-,50+,51+,52+,53+,54-,55-,56-,57?,58-,59-,60-,61+,62-,63-,64-,65-,66+/m0/s1. The van der Waals surface area contributed by atoms with Crippen molar-refractivity contribution in [2.75, 3.05) is 59.5 Å². The third-order valence-corrected chi connectivity index (χ3v) is 22.0. The summed E-state index contributed by atoms with van der Waals surface area (Å²) >= 11 is 0. The number of hydrogen-bond donors (Lipinski definition) is 31. The van der Waals surface area contributed by atoms with Gasteiger partial charge < -0.3 is 249 Å². The van der Waals surface area contributed by atoms with E-state index in [9.17, 15) is 157 Å². The summed E-state index contributed by atoms with van der Waals surface area (Å²) in [5, 5.41) is 317. The maximum atomic E-state index is 13.2. The molecule has 31 N–H and O–H groups in total. The maximum Gasteiger partial charge on any atom is 0.217 e. The van der Waals surface area contributed by atoms with Crippen LogP contribution in [0.4, 0.5) is 0 Å². The highest BCUT2D eigenvalue weighted by Crippen LogP contribution is 2.41. The quantitative estimate of drug-likeness (QED) is 0.0318. The zero-order valence-corrected chi connectivity index (χ0v) is 63.7. The van der Waals surface area contributed by atoms with E-state index in [0.717, 1.165) is 20.8 Å². The summed E-state index contributed by atoms with van der Waals surface area (Å²) < 4.78 is 112. The van der Waals surface area contributed by atoms with Gasteiger partial charge in [0.15, 0.2) is 62.9 Å². The Kier molecular flexibility index (Phi) is 34.8. The number of rotatable bonds is 30. The molecular formula is C66H111N3O50. The van der Waals surface area contributed by atoms with Crippen LogP contribution in [0.5, 0.6) is 0 Å². The lowest BCUT2D eigenvalue weighted by Crippen LogP contribution is -2.70. The van der Waals surface area contributed by atoms with Gasteiger partial charge in [-0.05, 0) is 6.92 Å². The fourth-order valence-corrected chi connectivity index (χ4v) is 15.4. The molecule has 10 fully saturated rings. The van der Waals surface area contributed by atoms with Crippen molar-refractivity contribution in [3.63, 3.8) is 0 Å². The van der Waals surface area contributed by atoms with Gasteiger partial charge in [-0.25, -0.2) is 0 Å². The Labute approximate surface area is 673 Å². The summed E-state index contributed by atoms with van der Waals surface area (Å²) in [7, 11) is 0. The first-order valence-corrected chi connectivity index (χ1v) is 38.0. The summed E-state index contributed by atoms with van der Waals surface area (Å²) in [6, 6.07) is -5.90. The van der Waals surface area contributed by atoms with E-state index in [1.807, 2.05) is 0 Å². The highest BCUT2D eigenvalue weighted by atomic mass is 16.8. The Bertz CT molecular complexity index is 3160. The van der Waals surface area contributed by atoms with Crippen LogP contribution in [0, 0.1) is 0 Å². The van der Waals surface area contributed by atoms with Crippen LogP contribution < -0.4 is 16.0 Å². The van der Waals surface area contributed by atoms with E-state index >= 15 is 0 Å². The van der Waals surface area contributed by atoms with Gasteiger partial charge in [-0.2, -0.15) is 0 Å². The Hall–Kier alpha value is -3.47. The van der Waals surface area contributed by atoms with Gasteiger partial charge in [0, 0.05) is 20.8 Å². The highest BCUT2D eigenvalue weighted by molar-refractivity contribution is 5.74. The molecule has 119 heavy (non-hydrogen) atoms. The minimum atomic E-state index is -2.62. The van der Waals surface area contributed by atoms with Crippen LogP contribution in [0.3, 0.4) is 0 Å². The summed E-state index contributed by atoms with van der Waals surface area (Å²) in [6.07, 6.45) is -97.4. The van der Waals surface area contributed by atoms with Crippen LogP contribution in [-0.2, 0) is 104 Å². The number of nitrogens with one attached hydrogen (secondary N) is 3. The van der Waals surface area contributed by atoms with E-state index in [1.54, 1.807) is 0 Å². The molecule has 0 spiro atoms. The second-order valence-electron chi connectivity index (χ2n) is 30.3. The molecule has 0 bridgehead atoms. The SMILES string of the molecule is CC(=O)N[C@@H]1[C@H](O[C@@H]2[C@@H](O[C@@H]3[C@H](O)[C@H](O[C@H]4[C@H](O)[C@@H](NC(C)=O)[C@H](O[C@H]5[C@H](O)[C@@H](O)C(O)O[C@@H]5CO[C@@H]5O[C@@H](C)[C@@H](O)[C@@H](O)[C@@H]5O)O[C@@H]4CO)O[C@H](CO[C@H]4O[C@H](CO)[C@@H](O)[C@H](O)[C@@H]4O[C@@H]4O[C@H](CO)[C@@H](O[C@@H]5O[C@H](CO)[C@H](O)[C@H](O)[C@H]5O)[C@H](O)[C@H]4NC(C)=O)[C@H]3O)O[C@H](CO)[C@@H](O)[C@@H]2O)O[C@H](CO)[C@@H](O[C@@H]2O[C@H](CO)[C@H](O)[C@H](O)[C@H]2O)[C@@H]1O. The molecular weight excluding hydrogens is 1630 g/mol. The minimum Gasteiger partial charge on any atom is -0.394 e. The van der Waals surface area contributed by atoms with Crippen molar-refractivity contribution in [2.45, 2.75) is 335 Å². The number of aliphatic hydroxyl groups is 28. The predicted molar refractivity (Wildman–Crippen MR) is 363 cm³/mol. The average molecular weight is 1750 g/mol. The molecule has 50 atom stereocenters. The molecule has 10 aliphatic heterocycles. The molecule has 3 amide bonds. The molecule has 0 saturated carbocycles. The summed E-state index contributed by atoms with van der Waals surface area (Å²) in [6.45, 7) is -5.80. The molecule has 53 nitrogen and oxygen atoms in total. The van der Waals surface area contributed by atoms with Crippen molar-refractivity contribution in [1.82, 2.24) is 16.0 Å². The average Bonchev–Trinajstić information content (AvgIpc) is 0.783. The van der Waals surface area contributed by atoms with E-state index in [0.29, 0.717) is 0 Å². The molecule has 1 unspecified atom stereocenters. The van der Waals surface area contributed by atoms with Gasteiger partial charge in [0.05, 0.1) is 65.6 Å². The van der Waals surface area contributed by atoms with E-state index < -0.39 is 384 Å². The summed E-state index contributed by atoms with van der Waals surface area (Å²) in [5.74, 6) is -2.90. The van der Waals surface area contributed by atoms with Gasteiger partial charge >= 0.3 is 0 Å². The van der Waals surface area contributed by atoms with Gasteiger partial charge in [0.1, 0.15) is 238 Å². The molecule has 0 aliphatic carbocycles. The summed E-state index contributed by atoms with van der Waals surface area (Å²) in [5.41, 5.74) is 0. The number of hydrogen-bond acceptors (Lipinski definition) is 50. The number of amides is 3. The van der Waals surface area contributed by atoms with Crippen LogP contribution >= 0.6 is 0 Å². The minimum absolute atomic E-state index is 0.857. The normalized spacial score (nSPS) is 50.7. The topological polar surface area (TPSA) is 829 Å². The first-order valence-electron chi connectivity index (χ1n) is 38.0. The number of carbonyl (C=O) groups excluding carboxylic acids is 3. The highest BCUT2D eigenvalue weighted by Gasteiger charge is 2.62. The van der Waals surface area contributed by atoms with Crippen molar-refractivity contribution in [1.29, 1.82) is 0 Å². The van der Waals surface area contributed by atoms with Crippen molar-refractivity contribution < 1.29 is 247 Å². The zero-order valence-electron chi connectivity index (χ0n) is 63.7. The van der Waals surface area contributed by atoms with Gasteiger partial charge in [-0.3, -0.25) is 14.4 Å². The third kappa shape index (κ3) is 21.4. The first kappa shape index (κ1) is 97.7. The van der Waals surface area contributed by atoms with Crippen molar-refractivity contribution in [2.24, 2.45) is 0 Å². The van der Waals surface area contributed by atoms with E-state index in [1.165, 1.54) is 6.92 Å².